The summed E-state index contributed by atoms with van der Waals surface area (Å²) in [5.74, 6) is -0.615. The van der Waals surface area contributed by atoms with Crippen LogP contribution in [0.4, 0.5) is 0 Å². The first-order valence-corrected chi connectivity index (χ1v) is 9.38. The van der Waals surface area contributed by atoms with Gasteiger partial charge in [-0.2, -0.15) is 4.31 Å². The van der Waals surface area contributed by atoms with Crippen LogP contribution in [0.25, 0.3) is 0 Å². The van der Waals surface area contributed by atoms with Crippen LogP contribution in [-0.2, 0) is 10.0 Å². The van der Waals surface area contributed by atoms with Gasteiger partial charge in [0.15, 0.2) is 0 Å². The van der Waals surface area contributed by atoms with E-state index in [1.165, 1.54) is 18.2 Å². The van der Waals surface area contributed by atoms with Crippen LogP contribution in [0.3, 0.4) is 0 Å². The molecule has 2 atom stereocenters. The van der Waals surface area contributed by atoms with E-state index in [4.69, 9.17) is 5.73 Å². The average Bonchev–Trinajstić information content (AvgIpc) is 2.68. The van der Waals surface area contributed by atoms with Crippen LogP contribution < -0.4 is 5.73 Å². The maximum atomic E-state index is 13.1. The van der Waals surface area contributed by atoms with Crippen LogP contribution in [0.5, 0.6) is 0 Å². The zero-order valence-electron chi connectivity index (χ0n) is 13.9. The van der Waals surface area contributed by atoms with Gasteiger partial charge in [-0.3, -0.25) is 4.79 Å². The number of nitrogens with zero attached hydrogens (tertiary/aromatic N) is 1. The van der Waals surface area contributed by atoms with Gasteiger partial charge in [-0.1, -0.05) is 26.8 Å². The van der Waals surface area contributed by atoms with Gasteiger partial charge in [0.05, 0.1) is 4.90 Å². The minimum Gasteiger partial charge on any atom is -0.366 e. The number of carbonyl (C=O) groups is 1. The second-order valence-corrected chi connectivity index (χ2v) is 10.0. The molecule has 2 N–H and O–H groups in total. The predicted octanol–water partition coefficient (Wildman–Crippen LogP) is 2.37. The topological polar surface area (TPSA) is 80.5 Å². The zero-order valence-corrected chi connectivity index (χ0v) is 14.7. The Bertz CT molecular complexity index is 757. The standard InChI is InChI=1S/C17H24N2O3S/c1-16(2)8-13-9-17(3,10-16)11-19(13)23(21,22)14-6-4-5-12(7-14)15(18)20/h4-7,13H,8-11H2,1-3H3,(H2,18,20). The third-order valence-electron chi connectivity index (χ3n) is 5.09. The fourth-order valence-electron chi connectivity index (χ4n) is 4.63. The van der Waals surface area contributed by atoms with Gasteiger partial charge in [0.25, 0.3) is 0 Å². The minimum absolute atomic E-state index is 0.0286. The Morgan fingerprint density at radius 2 is 1.96 bits per heavy atom. The van der Waals surface area contributed by atoms with E-state index in [1.54, 1.807) is 10.4 Å². The molecule has 1 aliphatic heterocycles. The lowest BCUT2D eigenvalue weighted by Crippen LogP contribution is -2.37. The normalized spacial score (nSPS) is 30.3. The number of primary amides is 1. The molecule has 1 aromatic carbocycles. The van der Waals surface area contributed by atoms with Crippen molar-refractivity contribution < 1.29 is 13.2 Å². The molecule has 2 unspecified atom stereocenters. The third-order valence-corrected chi connectivity index (χ3v) is 6.99. The van der Waals surface area contributed by atoms with Gasteiger partial charge in [-0.25, -0.2) is 8.42 Å². The summed E-state index contributed by atoms with van der Waals surface area (Å²) in [5.41, 5.74) is 5.67. The second-order valence-electron chi connectivity index (χ2n) is 8.16. The second kappa shape index (κ2) is 5.05. The summed E-state index contributed by atoms with van der Waals surface area (Å²) in [6.45, 7) is 7.14. The summed E-state index contributed by atoms with van der Waals surface area (Å²) < 4.78 is 27.8. The molecular formula is C17H24N2O3S. The molecular weight excluding hydrogens is 312 g/mol. The zero-order chi connectivity index (χ0) is 17.0. The smallest absolute Gasteiger partial charge is 0.248 e. The number of hydrogen-bond donors (Lipinski definition) is 1. The summed E-state index contributed by atoms with van der Waals surface area (Å²) in [6, 6.07) is 6.06. The van der Waals surface area contributed by atoms with Crippen molar-refractivity contribution in [2.45, 2.75) is 51.0 Å². The van der Waals surface area contributed by atoms with Gasteiger partial charge >= 0.3 is 0 Å². The molecule has 23 heavy (non-hydrogen) atoms. The lowest BCUT2D eigenvalue weighted by molar-refractivity contribution is 0.1000. The fraction of sp³-hybridized carbons (Fsp3) is 0.588. The SMILES string of the molecule is CC1(C)CC2CC(C)(CN2S(=O)(=O)c2cccc(C(N)=O)c2)C1. The van der Waals surface area contributed by atoms with Crippen molar-refractivity contribution in [2.75, 3.05) is 6.54 Å². The highest BCUT2D eigenvalue weighted by atomic mass is 32.2. The van der Waals surface area contributed by atoms with Crippen molar-refractivity contribution in [1.82, 2.24) is 4.31 Å². The van der Waals surface area contributed by atoms with Crippen LogP contribution in [0.15, 0.2) is 29.2 Å². The first-order valence-electron chi connectivity index (χ1n) is 7.94. The number of fused-ring (bicyclic) bond motifs is 2. The molecule has 1 aliphatic carbocycles. The Morgan fingerprint density at radius 3 is 2.61 bits per heavy atom. The van der Waals surface area contributed by atoms with E-state index in [1.807, 2.05) is 0 Å². The van der Waals surface area contributed by atoms with Gasteiger partial charge in [0.2, 0.25) is 15.9 Å². The van der Waals surface area contributed by atoms with E-state index in [-0.39, 0.29) is 27.3 Å². The Morgan fingerprint density at radius 1 is 1.26 bits per heavy atom. The van der Waals surface area contributed by atoms with Crippen molar-refractivity contribution in [2.24, 2.45) is 16.6 Å². The molecule has 1 heterocycles. The first kappa shape index (κ1) is 16.5. The summed E-state index contributed by atoms with van der Waals surface area (Å²) in [6.07, 6.45) is 2.81. The lowest BCUT2D eigenvalue weighted by atomic mass is 9.65. The molecule has 0 spiro atoms. The number of nitrogens with two attached hydrogens (primary N) is 1. The van der Waals surface area contributed by atoms with Crippen molar-refractivity contribution in [3.63, 3.8) is 0 Å². The van der Waals surface area contributed by atoms with E-state index >= 15 is 0 Å². The number of hydrogen-bond acceptors (Lipinski definition) is 3. The predicted molar refractivity (Wildman–Crippen MR) is 88.4 cm³/mol. The summed E-state index contributed by atoms with van der Waals surface area (Å²) in [5, 5.41) is 0. The summed E-state index contributed by atoms with van der Waals surface area (Å²) in [7, 11) is -3.61. The van der Waals surface area contributed by atoms with Gasteiger partial charge in [0, 0.05) is 18.2 Å². The molecule has 1 aromatic rings. The molecule has 5 nitrogen and oxygen atoms in total. The Balaban J connectivity index is 1.98. The molecule has 1 saturated carbocycles. The molecule has 0 aromatic heterocycles. The minimum atomic E-state index is -3.61. The van der Waals surface area contributed by atoms with Crippen molar-refractivity contribution in [3.05, 3.63) is 29.8 Å². The Kier molecular flexibility index (Phi) is 3.61. The Hall–Kier alpha value is -1.40. The number of amides is 1. The van der Waals surface area contributed by atoms with Crippen molar-refractivity contribution in [3.8, 4) is 0 Å². The first-order chi connectivity index (χ1) is 10.5. The highest BCUT2D eigenvalue weighted by Gasteiger charge is 2.53. The van der Waals surface area contributed by atoms with E-state index in [9.17, 15) is 13.2 Å². The van der Waals surface area contributed by atoms with Crippen LogP contribution in [0.2, 0.25) is 0 Å². The molecule has 2 aliphatic rings. The Labute approximate surface area is 137 Å². The van der Waals surface area contributed by atoms with E-state index < -0.39 is 15.9 Å². The summed E-state index contributed by atoms with van der Waals surface area (Å²) in [4.78, 5) is 11.5. The molecule has 2 bridgehead atoms. The monoisotopic (exact) mass is 336 g/mol. The van der Waals surface area contributed by atoms with Gasteiger partial charge in [-0.05, 0) is 48.3 Å². The van der Waals surface area contributed by atoms with Crippen LogP contribution >= 0.6 is 0 Å². The van der Waals surface area contributed by atoms with E-state index in [0.29, 0.717) is 6.54 Å². The molecule has 6 heteroatoms. The highest BCUT2D eigenvalue weighted by Crippen LogP contribution is 2.53. The van der Waals surface area contributed by atoms with Gasteiger partial charge < -0.3 is 5.73 Å². The lowest BCUT2D eigenvalue weighted by Gasteiger charge is -2.39. The molecule has 2 fully saturated rings. The van der Waals surface area contributed by atoms with Crippen molar-refractivity contribution in [1.29, 1.82) is 0 Å². The molecule has 1 saturated heterocycles. The highest BCUT2D eigenvalue weighted by molar-refractivity contribution is 7.89. The number of rotatable bonds is 3. The molecule has 0 radical (unpaired) electrons. The van der Waals surface area contributed by atoms with Gasteiger partial charge in [-0.15, -0.1) is 0 Å². The van der Waals surface area contributed by atoms with Crippen LogP contribution in [0, 0.1) is 10.8 Å². The van der Waals surface area contributed by atoms with Crippen LogP contribution in [0.1, 0.15) is 50.4 Å². The number of carbonyl (C=O) groups excluding carboxylic acids is 1. The quantitative estimate of drug-likeness (QED) is 0.920. The maximum absolute atomic E-state index is 13.1. The van der Waals surface area contributed by atoms with Crippen molar-refractivity contribution >= 4 is 15.9 Å². The average molecular weight is 336 g/mol. The maximum Gasteiger partial charge on any atom is 0.248 e. The largest absolute Gasteiger partial charge is 0.366 e. The molecule has 126 valence electrons. The molecule has 3 rings (SSSR count). The van der Waals surface area contributed by atoms with E-state index in [2.05, 4.69) is 20.8 Å². The number of sulfonamides is 1. The van der Waals surface area contributed by atoms with Gasteiger partial charge in [0.1, 0.15) is 0 Å². The summed E-state index contributed by atoms with van der Waals surface area (Å²) >= 11 is 0. The van der Waals surface area contributed by atoms with E-state index in [0.717, 1.165) is 19.3 Å². The van der Waals surface area contributed by atoms with Crippen LogP contribution in [-0.4, -0.2) is 31.2 Å². The molecule has 1 amide bonds. The number of benzene rings is 1. The fourth-order valence-corrected chi connectivity index (χ4v) is 6.45. The third kappa shape index (κ3) is 2.90.